The Hall–Kier alpha value is -1.39. The molecule has 0 aliphatic rings. The van der Waals surface area contributed by atoms with Crippen LogP contribution in [0.4, 0.5) is 0 Å². The first-order valence-electron chi connectivity index (χ1n) is 4.76. The number of amides is 1. The number of aryl methyl sites for hydroxylation is 1. The Bertz CT molecular complexity index is 357. The molecular formula is C10H16N3O2. The van der Waals surface area contributed by atoms with Crippen molar-refractivity contribution in [3.63, 3.8) is 0 Å². The van der Waals surface area contributed by atoms with Crippen LogP contribution >= 0.6 is 0 Å². The standard InChI is InChI=1S/C10H16N3O2/c1-6(5-10(3,4)9(11)14)8-12-7(2)15-13-8/h5H2,1-4H3,(H2,11,14). The Morgan fingerprint density at radius 3 is 2.53 bits per heavy atom. The molecular weight excluding hydrogens is 194 g/mol. The molecule has 0 bridgehead atoms. The minimum Gasteiger partial charge on any atom is -0.369 e. The summed E-state index contributed by atoms with van der Waals surface area (Å²) in [5.41, 5.74) is 4.70. The Balaban J connectivity index is 2.71. The van der Waals surface area contributed by atoms with Gasteiger partial charge in [-0.05, 0) is 6.42 Å². The van der Waals surface area contributed by atoms with Gasteiger partial charge in [-0.15, -0.1) is 0 Å². The highest BCUT2D eigenvalue weighted by molar-refractivity contribution is 5.80. The van der Waals surface area contributed by atoms with Gasteiger partial charge >= 0.3 is 0 Å². The summed E-state index contributed by atoms with van der Waals surface area (Å²) in [5.74, 6) is 1.63. The van der Waals surface area contributed by atoms with Gasteiger partial charge in [0.2, 0.25) is 11.8 Å². The Kier molecular flexibility index (Phi) is 3.12. The predicted octanol–water partition coefficient (Wildman–Crippen LogP) is 1.22. The highest BCUT2D eigenvalue weighted by atomic mass is 16.5. The van der Waals surface area contributed by atoms with E-state index in [0.717, 1.165) is 5.92 Å². The smallest absolute Gasteiger partial charge is 0.223 e. The van der Waals surface area contributed by atoms with Crippen LogP contribution in [-0.4, -0.2) is 16.0 Å². The predicted molar refractivity (Wildman–Crippen MR) is 54.6 cm³/mol. The fraction of sp³-hybridized carbons (Fsp3) is 0.600. The minimum absolute atomic E-state index is 0.331. The summed E-state index contributed by atoms with van der Waals surface area (Å²) in [6.45, 7) is 7.19. The van der Waals surface area contributed by atoms with Crippen molar-refractivity contribution in [1.82, 2.24) is 10.1 Å². The van der Waals surface area contributed by atoms with Crippen LogP contribution in [0.15, 0.2) is 4.52 Å². The van der Waals surface area contributed by atoms with Crippen molar-refractivity contribution in [2.45, 2.75) is 34.1 Å². The summed E-state index contributed by atoms with van der Waals surface area (Å²) in [7, 11) is 0. The zero-order chi connectivity index (χ0) is 11.6. The summed E-state index contributed by atoms with van der Waals surface area (Å²) < 4.78 is 4.86. The van der Waals surface area contributed by atoms with Crippen LogP contribution in [0.5, 0.6) is 0 Å². The summed E-state index contributed by atoms with van der Waals surface area (Å²) in [4.78, 5) is 15.2. The number of hydrogen-bond acceptors (Lipinski definition) is 4. The molecule has 2 N–H and O–H groups in total. The number of nitrogens with two attached hydrogens (primary N) is 1. The molecule has 0 aromatic carbocycles. The van der Waals surface area contributed by atoms with Crippen LogP contribution in [-0.2, 0) is 4.79 Å². The molecule has 1 amide bonds. The zero-order valence-corrected chi connectivity index (χ0v) is 9.50. The number of nitrogens with zero attached hydrogens (tertiary/aromatic N) is 2. The van der Waals surface area contributed by atoms with Crippen molar-refractivity contribution in [3.8, 4) is 0 Å². The largest absolute Gasteiger partial charge is 0.369 e. The van der Waals surface area contributed by atoms with Crippen molar-refractivity contribution in [2.75, 3.05) is 0 Å². The van der Waals surface area contributed by atoms with Crippen molar-refractivity contribution in [2.24, 2.45) is 11.1 Å². The average molecular weight is 210 g/mol. The molecule has 5 nitrogen and oxygen atoms in total. The monoisotopic (exact) mass is 210 g/mol. The lowest BCUT2D eigenvalue weighted by atomic mass is 9.82. The first kappa shape index (κ1) is 11.7. The van der Waals surface area contributed by atoms with Gasteiger partial charge in [-0.1, -0.05) is 25.9 Å². The molecule has 15 heavy (non-hydrogen) atoms. The van der Waals surface area contributed by atoms with E-state index in [1.54, 1.807) is 20.8 Å². The van der Waals surface area contributed by atoms with Gasteiger partial charge < -0.3 is 10.3 Å². The minimum atomic E-state index is -0.585. The molecule has 5 heteroatoms. The number of aromatic nitrogens is 2. The molecule has 0 saturated heterocycles. The fourth-order valence-electron chi connectivity index (χ4n) is 1.30. The van der Waals surface area contributed by atoms with E-state index in [2.05, 4.69) is 10.1 Å². The Labute approximate surface area is 89.0 Å². The molecule has 0 aliphatic heterocycles. The van der Waals surface area contributed by atoms with Crippen molar-refractivity contribution >= 4 is 5.91 Å². The van der Waals surface area contributed by atoms with Gasteiger partial charge in [0.1, 0.15) is 0 Å². The molecule has 0 unspecified atom stereocenters. The van der Waals surface area contributed by atoms with E-state index in [-0.39, 0.29) is 5.91 Å². The molecule has 0 aliphatic carbocycles. The van der Waals surface area contributed by atoms with E-state index in [1.807, 2.05) is 6.92 Å². The molecule has 0 saturated carbocycles. The summed E-state index contributed by atoms with van der Waals surface area (Å²) in [6.07, 6.45) is 0.529. The summed E-state index contributed by atoms with van der Waals surface area (Å²) in [6, 6.07) is 0. The molecule has 1 radical (unpaired) electrons. The average Bonchev–Trinajstić information content (AvgIpc) is 2.50. The third kappa shape index (κ3) is 2.78. The third-order valence-electron chi connectivity index (χ3n) is 2.28. The SMILES string of the molecule is C[C](CC(C)(C)C(N)=O)c1noc(C)n1. The normalized spacial score (nSPS) is 12.1. The van der Waals surface area contributed by atoms with Gasteiger partial charge in [-0.2, -0.15) is 4.98 Å². The molecule has 1 rings (SSSR count). The van der Waals surface area contributed by atoms with E-state index in [4.69, 9.17) is 10.3 Å². The van der Waals surface area contributed by atoms with Gasteiger partial charge in [0.25, 0.3) is 0 Å². The van der Waals surface area contributed by atoms with Crippen molar-refractivity contribution in [1.29, 1.82) is 0 Å². The number of primary amides is 1. The number of rotatable bonds is 4. The van der Waals surface area contributed by atoms with E-state index in [1.165, 1.54) is 0 Å². The van der Waals surface area contributed by atoms with E-state index >= 15 is 0 Å². The lowest BCUT2D eigenvalue weighted by Gasteiger charge is -2.22. The molecule has 83 valence electrons. The Morgan fingerprint density at radius 1 is 1.53 bits per heavy atom. The lowest BCUT2D eigenvalue weighted by Crippen LogP contribution is -2.32. The van der Waals surface area contributed by atoms with Crippen LogP contribution in [0.25, 0.3) is 0 Å². The first-order chi connectivity index (χ1) is 6.83. The molecule has 0 atom stereocenters. The first-order valence-corrected chi connectivity index (χ1v) is 4.76. The van der Waals surface area contributed by atoms with Crippen molar-refractivity contribution in [3.05, 3.63) is 17.6 Å². The van der Waals surface area contributed by atoms with Crippen LogP contribution in [0, 0.1) is 18.3 Å². The van der Waals surface area contributed by atoms with E-state index in [0.29, 0.717) is 18.1 Å². The molecule has 0 fully saturated rings. The molecule has 0 spiro atoms. The Morgan fingerprint density at radius 2 is 2.13 bits per heavy atom. The lowest BCUT2D eigenvalue weighted by molar-refractivity contribution is -0.126. The van der Waals surface area contributed by atoms with Crippen molar-refractivity contribution < 1.29 is 9.32 Å². The third-order valence-corrected chi connectivity index (χ3v) is 2.28. The second kappa shape index (κ2) is 4.00. The molecule has 1 aromatic heterocycles. The second-order valence-corrected chi connectivity index (χ2v) is 4.34. The molecule has 1 heterocycles. The van der Waals surface area contributed by atoms with Crippen LogP contribution in [0.2, 0.25) is 0 Å². The van der Waals surface area contributed by atoms with E-state index < -0.39 is 5.41 Å². The fourth-order valence-corrected chi connectivity index (χ4v) is 1.30. The van der Waals surface area contributed by atoms with Crippen LogP contribution < -0.4 is 5.73 Å². The maximum atomic E-state index is 11.1. The van der Waals surface area contributed by atoms with E-state index in [9.17, 15) is 4.79 Å². The molecule has 1 aromatic rings. The van der Waals surface area contributed by atoms with Gasteiger partial charge in [0, 0.05) is 18.3 Å². The van der Waals surface area contributed by atoms with Crippen LogP contribution in [0.1, 0.15) is 38.9 Å². The van der Waals surface area contributed by atoms with Gasteiger partial charge in [-0.25, -0.2) is 0 Å². The quantitative estimate of drug-likeness (QED) is 0.810. The maximum absolute atomic E-state index is 11.1. The second-order valence-electron chi connectivity index (χ2n) is 4.34. The zero-order valence-electron chi connectivity index (χ0n) is 9.50. The van der Waals surface area contributed by atoms with Crippen LogP contribution in [0.3, 0.4) is 0 Å². The number of carbonyl (C=O) groups is 1. The summed E-state index contributed by atoms with van der Waals surface area (Å²) in [5, 5.41) is 3.78. The van der Waals surface area contributed by atoms with Gasteiger partial charge in [0.15, 0.2) is 5.82 Å². The van der Waals surface area contributed by atoms with Gasteiger partial charge in [0.05, 0.1) is 0 Å². The maximum Gasteiger partial charge on any atom is 0.223 e. The highest BCUT2D eigenvalue weighted by Crippen LogP contribution is 2.28. The summed E-state index contributed by atoms with van der Waals surface area (Å²) >= 11 is 0. The highest BCUT2D eigenvalue weighted by Gasteiger charge is 2.29. The number of hydrogen-bond donors (Lipinski definition) is 1. The number of carbonyl (C=O) groups excluding carboxylic acids is 1. The topological polar surface area (TPSA) is 82.0 Å². The van der Waals surface area contributed by atoms with Gasteiger partial charge in [-0.3, -0.25) is 4.79 Å².